The zero-order valence-electron chi connectivity index (χ0n) is 76.9. The van der Waals surface area contributed by atoms with Gasteiger partial charge < -0.3 is 25.3 Å². The summed E-state index contributed by atoms with van der Waals surface area (Å²) in [4.78, 5) is 93.3. The number of nitrogens with two attached hydrogens (primary N) is 1. The minimum Gasteiger partial charge on any atom is -0.399 e. The Kier molecular flexibility index (Phi) is 27.1. The Morgan fingerprint density at radius 3 is 1.07 bits per heavy atom. The number of nitrogens with zero attached hydrogens (tertiary/aromatic N) is 15. The van der Waals surface area contributed by atoms with Gasteiger partial charge in [0.25, 0.3) is 29.2 Å². The lowest BCUT2D eigenvalue weighted by Gasteiger charge is -2.35. The summed E-state index contributed by atoms with van der Waals surface area (Å²) in [6, 6.07) is 29.5. The van der Waals surface area contributed by atoms with Crippen LogP contribution in [0.4, 0.5) is 37.2 Å². The average Bonchev–Trinajstić information content (AvgIpc) is 1.62. The predicted molar refractivity (Wildman–Crippen MR) is 508 cm³/mol. The lowest BCUT2D eigenvalue weighted by Crippen LogP contribution is -2.39. The van der Waals surface area contributed by atoms with Gasteiger partial charge in [-0.2, -0.15) is 15.3 Å². The first kappa shape index (κ1) is 94.9. The number of carbonyl (C=O) groups excluding carboxylic acids is 4. The summed E-state index contributed by atoms with van der Waals surface area (Å²) >= 11 is 0. The number of anilines is 5. The van der Waals surface area contributed by atoms with Crippen molar-refractivity contribution < 1.29 is 61.6 Å². The van der Waals surface area contributed by atoms with Crippen LogP contribution in [0.1, 0.15) is 292 Å². The number of hydrogen-bond donors (Lipinski definition) is 6. The second kappa shape index (κ2) is 38.2. The van der Waals surface area contributed by atoms with Crippen LogP contribution in [0, 0.1) is 46.3 Å². The number of rotatable bonds is 21. The maximum Gasteiger partial charge on any atom is 0.275 e. The first-order valence-corrected chi connectivity index (χ1v) is 53.2. The third-order valence-electron chi connectivity index (χ3n) is 25.7. The van der Waals surface area contributed by atoms with Gasteiger partial charge in [-0.25, -0.2) is 80.4 Å². The fraction of sp³-hybridized carbons (Fsp3) is 0.447. The van der Waals surface area contributed by atoms with Crippen molar-refractivity contribution in [3.63, 3.8) is 0 Å². The number of amides is 4. The first-order chi connectivity index (χ1) is 63.6. The molecule has 3 saturated carbocycles. The molecule has 710 valence electrons. The van der Waals surface area contributed by atoms with Crippen molar-refractivity contribution in [3.05, 3.63) is 233 Å². The normalized spacial score (nSPS) is 18.5. The van der Waals surface area contributed by atoms with Crippen molar-refractivity contribution in [2.24, 2.45) is 0 Å². The lowest BCUT2D eigenvalue weighted by molar-refractivity contribution is 0.0599. The number of carbonyl (C=O) groups is 4. The number of H-pyrrole nitrogens is 1. The van der Waals surface area contributed by atoms with Gasteiger partial charge in [0, 0.05) is 125 Å². The third-order valence-corrected chi connectivity index (χ3v) is 28.0. The molecule has 4 amide bonds. The number of aryl methyl sites for hydroxylation is 6. The fourth-order valence-corrected chi connectivity index (χ4v) is 20.6. The van der Waals surface area contributed by atoms with Crippen LogP contribution in [0.3, 0.4) is 0 Å². The predicted octanol–water partition coefficient (Wildman–Crippen LogP) is 14.3. The Labute approximate surface area is 776 Å². The van der Waals surface area contributed by atoms with E-state index in [2.05, 4.69) is 41.1 Å². The van der Waals surface area contributed by atoms with E-state index in [0.717, 1.165) is 201 Å². The largest absolute Gasteiger partial charge is 0.399 e. The average molecular weight is 1910 g/mol. The molecule has 12 aromatic rings. The van der Waals surface area contributed by atoms with Gasteiger partial charge in [0.05, 0.1) is 117 Å². The van der Waals surface area contributed by atoms with E-state index in [0.29, 0.717) is 107 Å². The molecule has 4 saturated heterocycles. The molecule has 7 N–H and O–H groups in total. The molecular formula is C94H113F2N21O13S4. The third kappa shape index (κ3) is 21.6. The fourth-order valence-electron chi connectivity index (χ4n) is 18.3. The van der Waals surface area contributed by atoms with Crippen LogP contribution in [-0.4, -0.2) is 186 Å². The Balaban J connectivity index is 0.000000130. The number of hydrogen-bond acceptors (Lipinski definition) is 21. The van der Waals surface area contributed by atoms with E-state index < -0.39 is 63.7 Å². The number of aromatic amines is 1. The molecule has 4 atom stereocenters. The van der Waals surface area contributed by atoms with Gasteiger partial charge in [-0.1, -0.05) is 26.0 Å². The maximum absolute atomic E-state index is 14.1. The number of nitrogens with one attached hydrogen (secondary N) is 5. The summed E-state index contributed by atoms with van der Waals surface area (Å²) in [5, 5.41) is 17.5. The monoisotopic (exact) mass is 1910 g/mol. The molecule has 3 aliphatic carbocycles. The highest BCUT2D eigenvalue weighted by Gasteiger charge is 2.40. The minimum atomic E-state index is -3.82. The Morgan fingerprint density at radius 2 is 0.716 bits per heavy atom. The van der Waals surface area contributed by atoms with Crippen LogP contribution in [0.2, 0.25) is 0 Å². The highest BCUT2D eigenvalue weighted by molar-refractivity contribution is 7.92. The van der Waals surface area contributed by atoms with Crippen molar-refractivity contribution in [3.8, 4) is 0 Å². The summed E-state index contributed by atoms with van der Waals surface area (Å²) in [5.74, 6) is -2.15. The van der Waals surface area contributed by atoms with Crippen LogP contribution in [-0.2, 0) is 52.9 Å². The molecule has 7 aliphatic rings. The van der Waals surface area contributed by atoms with Crippen LogP contribution < -0.4 is 30.2 Å². The molecule has 34 nitrogen and oxygen atoms in total. The molecule has 0 bridgehead atoms. The number of benzene rings is 4. The van der Waals surface area contributed by atoms with Crippen molar-refractivity contribution in [1.29, 1.82) is 0 Å². The zero-order chi connectivity index (χ0) is 95.5. The molecule has 19 rings (SSSR count). The van der Waals surface area contributed by atoms with E-state index in [1.807, 2.05) is 91.0 Å². The molecule has 12 heterocycles. The molecule has 8 aromatic heterocycles. The van der Waals surface area contributed by atoms with Gasteiger partial charge in [0.2, 0.25) is 40.1 Å². The number of aromatic nitrogens is 12. The van der Waals surface area contributed by atoms with Crippen molar-refractivity contribution >= 4 is 115 Å². The van der Waals surface area contributed by atoms with Gasteiger partial charge in [-0.15, -0.1) is 0 Å². The van der Waals surface area contributed by atoms with Gasteiger partial charge >= 0.3 is 0 Å². The highest BCUT2D eigenvalue weighted by atomic mass is 32.2. The molecule has 40 heteroatoms. The van der Waals surface area contributed by atoms with Crippen molar-refractivity contribution in [2.75, 3.05) is 75.8 Å². The van der Waals surface area contributed by atoms with Gasteiger partial charge in [-0.05, 0) is 241 Å². The second-order valence-electron chi connectivity index (χ2n) is 36.5. The second-order valence-corrected chi connectivity index (χ2v) is 43.5. The van der Waals surface area contributed by atoms with Crippen LogP contribution in [0.15, 0.2) is 114 Å². The highest BCUT2D eigenvalue weighted by Crippen LogP contribution is 2.45. The van der Waals surface area contributed by atoms with Crippen molar-refractivity contribution in [1.82, 2.24) is 78.0 Å². The minimum absolute atomic E-state index is 0.160. The molecule has 0 spiro atoms. The zero-order valence-corrected chi connectivity index (χ0v) is 80.2. The summed E-state index contributed by atoms with van der Waals surface area (Å²) < 4.78 is 139. The number of nitrogen functional groups attached to an aromatic ring is 1. The SMILES string of the molecule is CCc1ccc(NS(C)(=O)=O)c(C(=O)N2CCCC[C@H]2c2cc3nc(C)c(C)c(=O)n3[nH]2)c1.CCc1ccc(NS(C)(=O)=O)c(C(=O)N2CCCC[C@H]2c2cc3nc(C4CC4)cc(C)n3n2)c1.Cc1cc(C2CC2)nc2cc([C@@H]3CCCCN3C(=O)c3cc(F)c(F)cc3NS(C)(=O)=O)nn12.Cc1cc(C2CC2)nc2cc([C@@H]3CCCCN3C(=O)c3cc(N)ccc3NS(C)(=O)=O)nn12. The molecule has 4 aliphatic heterocycles. The van der Waals surface area contributed by atoms with E-state index in [1.54, 1.807) is 63.4 Å². The number of piperidine rings is 4. The molecule has 134 heavy (non-hydrogen) atoms. The molecule has 0 radical (unpaired) electrons. The number of sulfonamides is 4. The molecule has 0 unspecified atom stereocenters. The van der Waals surface area contributed by atoms with Crippen LogP contribution in [0.5, 0.6) is 0 Å². The van der Waals surface area contributed by atoms with Crippen LogP contribution >= 0.6 is 0 Å². The Hall–Kier alpha value is -12.3. The van der Waals surface area contributed by atoms with E-state index >= 15 is 0 Å². The van der Waals surface area contributed by atoms with Gasteiger partial charge in [-0.3, -0.25) is 48.0 Å². The van der Waals surface area contributed by atoms with Crippen LogP contribution in [0.25, 0.3) is 22.6 Å². The topological polar surface area (TPSA) is 433 Å². The Bertz CT molecular complexity index is 7190. The number of halogens is 2. The van der Waals surface area contributed by atoms with Crippen molar-refractivity contribution in [2.45, 2.75) is 219 Å². The summed E-state index contributed by atoms with van der Waals surface area (Å²) in [5.41, 5.74) is 22.8. The summed E-state index contributed by atoms with van der Waals surface area (Å²) in [6.07, 6.45) is 22.7. The lowest BCUT2D eigenvalue weighted by atomic mass is 9.97. The van der Waals surface area contributed by atoms with E-state index in [9.17, 15) is 66.4 Å². The van der Waals surface area contributed by atoms with Gasteiger partial charge in [0.1, 0.15) is 0 Å². The molecule has 7 fully saturated rings. The van der Waals surface area contributed by atoms with E-state index in [1.165, 1.54) is 42.3 Å². The molecule has 4 aromatic carbocycles. The summed E-state index contributed by atoms with van der Waals surface area (Å²) in [7, 11) is -14.5. The maximum atomic E-state index is 14.1. The first-order valence-electron chi connectivity index (χ1n) is 45.6. The molecular weight excluding hydrogens is 1800 g/mol. The van der Waals surface area contributed by atoms with E-state index in [4.69, 9.17) is 36.0 Å². The summed E-state index contributed by atoms with van der Waals surface area (Å²) in [6.45, 7) is 15.7. The standard InChI is InChI=1S/C25H31N5O3S.C23H25F2N5O3S.C23H28N6O3S.C23H29N5O4S/c1-4-17-8-11-20(28-34(3,32)33)19(14-17)25(31)29-12-6-5-7-23(29)22-15-24-26-21(18-9-10-18)13-16(2)30(24)27-22;1-13-9-18(14-6-7-14)26-22-12-20(27-30(13)22)21-5-3-4-8-29(21)23(31)15-10-16(24)17(25)11-19(15)28-34(2,32)33;1-14-11-19(15-6-7-15)25-22-13-20(26-29(14)22)21-5-3-4-10-28(21)23(30)17-12-16(24)8-9-18(17)27-33(2,31)32;1-5-16-9-10-18(26-33(4,31)32)17(12-16)23(30)27-11-7-6-8-20(27)19-13-21-24-15(3)14(2)22(29)28(21)25-19/h8,11,13-15,18,23,28H,4-7,9-10,12H2,1-3H3;9-12,14,21,28H,3-8H2,1-2H3;8-9,11-13,15,21,27H,3-7,10,24H2,1-2H3;9-10,12-13,20,25-26H,5-8,11H2,1-4H3/t23-;2*21-;20-/m0000/s1. The Morgan fingerprint density at radius 1 is 0.388 bits per heavy atom. The van der Waals surface area contributed by atoms with E-state index in [-0.39, 0.29) is 69.6 Å². The smallest absolute Gasteiger partial charge is 0.275 e. The quantitative estimate of drug-likeness (QED) is 0.0364. The number of likely N-dealkylation sites (tertiary alicyclic amines) is 4. The van der Waals surface area contributed by atoms with Gasteiger partial charge in [0.15, 0.2) is 34.2 Å². The number of fused-ring (bicyclic) bond motifs is 4.